The van der Waals surface area contributed by atoms with Crippen molar-refractivity contribution in [2.24, 2.45) is 0 Å². The van der Waals surface area contributed by atoms with Crippen LogP contribution in [-0.4, -0.2) is 115 Å². The number of fused-ring (bicyclic) bond motifs is 1. The van der Waals surface area contributed by atoms with Gasteiger partial charge in [-0.05, 0) is 25.1 Å². The maximum Gasteiger partial charge on any atom is 0.303 e. The number of aliphatic hydroxyl groups excluding tert-OH is 5. The van der Waals surface area contributed by atoms with Gasteiger partial charge in [0.15, 0.2) is 18.5 Å². The quantitative estimate of drug-likeness (QED) is 0.182. The maximum absolute atomic E-state index is 11.6. The summed E-state index contributed by atoms with van der Waals surface area (Å²) in [6.45, 7) is 2.05. The molecular formula is C29H34O15. The minimum atomic E-state index is -1.79. The highest BCUT2D eigenvalue weighted by atomic mass is 16.7. The lowest BCUT2D eigenvalue weighted by atomic mass is 9.98. The molecule has 2 aromatic carbocycles. The highest BCUT2D eigenvalue weighted by Gasteiger charge is 2.49. The van der Waals surface area contributed by atoms with Crippen molar-refractivity contribution >= 4 is 12.0 Å². The van der Waals surface area contributed by atoms with Crippen LogP contribution in [0.2, 0.25) is 0 Å². The van der Waals surface area contributed by atoms with Crippen molar-refractivity contribution in [1.82, 2.24) is 0 Å². The first-order chi connectivity index (χ1) is 20.8. The van der Waals surface area contributed by atoms with E-state index in [0.29, 0.717) is 5.56 Å². The first kappa shape index (κ1) is 31.7. The molecule has 0 aliphatic carbocycles. The van der Waals surface area contributed by atoms with Crippen molar-refractivity contribution in [3.05, 3.63) is 53.3 Å². The molecule has 0 radical (unpaired) electrons. The fraction of sp³-hybridized carbons (Fsp3) is 0.483. The first-order valence-electron chi connectivity index (χ1n) is 13.7. The van der Waals surface area contributed by atoms with Crippen molar-refractivity contribution < 1.29 is 74.1 Å². The van der Waals surface area contributed by atoms with Crippen LogP contribution in [0.5, 0.6) is 23.0 Å². The zero-order valence-corrected chi connectivity index (χ0v) is 23.5. The van der Waals surface area contributed by atoms with Crippen molar-refractivity contribution in [2.45, 2.75) is 81.4 Å². The van der Waals surface area contributed by atoms with E-state index in [4.69, 9.17) is 28.4 Å². The van der Waals surface area contributed by atoms with Crippen LogP contribution < -0.4 is 4.74 Å². The summed E-state index contributed by atoms with van der Waals surface area (Å²) in [5, 5.41) is 82.8. The number of carbonyl (C=O) groups excluding carboxylic acids is 1. The molecule has 3 aliphatic heterocycles. The van der Waals surface area contributed by atoms with Crippen LogP contribution in [-0.2, 0) is 28.5 Å². The van der Waals surface area contributed by atoms with Gasteiger partial charge < -0.3 is 69.3 Å². The number of phenols is 3. The van der Waals surface area contributed by atoms with E-state index >= 15 is 0 Å². The number of hydrogen-bond acceptors (Lipinski definition) is 15. The Labute approximate surface area is 250 Å². The third kappa shape index (κ3) is 6.40. The number of carbonyl (C=O) groups is 1. The van der Waals surface area contributed by atoms with E-state index in [9.17, 15) is 45.6 Å². The van der Waals surface area contributed by atoms with Crippen molar-refractivity contribution in [1.29, 1.82) is 0 Å². The van der Waals surface area contributed by atoms with E-state index in [1.54, 1.807) is 0 Å². The predicted molar refractivity (Wildman–Crippen MR) is 145 cm³/mol. The molecule has 0 saturated carbocycles. The number of aromatic hydroxyl groups is 3. The van der Waals surface area contributed by atoms with Crippen LogP contribution in [0.1, 0.15) is 31.1 Å². The van der Waals surface area contributed by atoms with Crippen molar-refractivity contribution in [3.8, 4) is 23.0 Å². The minimum absolute atomic E-state index is 0.00652. The van der Waals surface area contributed by atoms with Crippen molar-refractivity contribution in [3.63, 3.8) is 0 Å². The summed E-state index contributed by atoms with van der Waals surface area (Å²) >= 11 is 0. The molecule has 0 amide bonds. The van der Waals surface area contributed by atoms with Gasteiger partial charge in [0.25, 0.3) is 0 Å². The van der Waals surface area contributed by atoms with E-state index in [0.717, 1.165) is 13.0 Å². The van der Waals surface area contributed by atoms with Crippen LogP contribution in [0.3, 0.4) is 0 Å². The average Bonchev–Trinajstić information content (AvgIpc) is 2.97. The molecule has 240 valence electrons. The molecule has 5 rings (SSSR count). The van der Waals surface area contributed by atoms with Gasteiger partial charge in [0, 0.05) is 24.6 Å². The Morgan fingerprint density at radius 1 is 0.841 bits per heavy atom. The topological polar surface area (TPSA) is 234 Å². The molecule has 0 aromatic heterocycles. The zero-order valence-electron chi connectivity index (χ0n) is 23.5. The van der Waals surface area contributed by atoms with Crippen molar-refractivity contribution in [2.75, 3.05) is 6.61 Å². The summed E-state index contributed by atoms with van der Waals surface area (Å²) in [6, 6.07) is 8.24. The van der Waals surface area contributed by atoms with E-state index in [1.165, 1.54) is 43.3 Å². The van der Waals surface area contributed by atoms with E-state index in [-0.39, 0.29) is 34.3 Å². The largest absolute Gasteiger partial charge is 0.508 e. The lowest BCUT2D eigenvalue weighted by Crippen LogP contribution is -2.61. The van der Waals surface area contributed by atoms with Crippen LogP contribution >= 0.6 is 0 Å². The van der Waals surface area contributed by atoms with Gasteiger partial charge in [-0.25, -0.2) is 0 Å². The third-order valence-corrected chi connectivity index (χ3v) is 7.52. The monoisotopic (exact) mass is 622 g/mol. The smallest absolute Gasteiger partial charge is 0.303 e. The minimum Gasteiger partial charge on any atom is -0.508 e. The molecule has 2 saturated heterocycles. The molecule has 0 bridgehead atoms. The standard InChI is InChI=1S/C29H34O15/c1-11-21(34)24(37)27(41-12(2)30)29(40-11)39-10-20-22(35)23(36)25(38)28(44-20)43-19-9-16-17(33)7-15(32)8-18(16)42-26(19)13-3-5-14(31)6-4-13/h3-9,11,20-29,31-38H,10H2,1-2H3/t11-,20+,21-,22+,23-,24+,25+,26?,27-,28+,29+/m0/s1. The number of phenolic OH excluding ortho intramolecular Hbond substituents is 3. The Kier molecular flexibility index (Phi) is 9.20. The lowest BCUT2D eigenvalue weighted by molar-refractivity contribution is -0.325. The second kappa shape index (κ2) is 12.7. The Hall–Kier alpha value is -3.67. The first-order valence-corrected chi connectivity index (χ1v) is 13.7. The summed E-state index contributed by atoms with van der Waals surface area (Å²) in [4.78, 5) is 11.6. The number of rotatable bonds is 7. The fourth-order valence-electron chi connectivity index (χ4n) is 5.15. The Morgan fingerprint density at radius 3 is 2.23 bits per heavy atom. The Bertz CT molecular complexity index is 1360. The molecule has 0 spiro atoms. The SMILES string of the molecule is CC(=O)O[C@@H]1[C@H](OC[C@H]2O[C@@H](OC3=Cc4c(O)cc(O)cc4OC3c3ccc(O)cc3)[C@H](O)[C@@H](O)[C@@H]2O)O[C@@H](C)[C@H](O)[C@H]1O. The molecule has 3 aliphatic rings. The van der Waals surface area contributed by atoms with Crippen LogP contribution in [0.25, 0.3) is 6.08 Å². The summed E-state index contributed by atoms with van der Waals surface area (Å²) in [7, 11) is 0. The van der Waals surface area contributed by atoms with Gasteiger partial charge in [0.1, 0.15) is 65.4 Å². The van der Waals surface area contributed by atoms with Crippen LogP contribution in [0.15, 0.2) is 42.2 Å². The predicted octanol–water partition coefficient (Wildman–Crippen LogP) is -0.483. The Balaban J connectivity index is 1.38. The van der Waals surface area contributed by atoms with Gasteiger partial charge in [-0.2, -0.15) is 0 Å². The number of ether oxygens (including phenoxy) is 6. The molecule has 8 N–H and O–H groups in total. The third-order valence-electron chi connectivity index (χ3n) is 7.52. The summed E-state index contributed by atoms with van der Waals surface area (Å²) in [5.41, 5.74) is 0.605. The van der Waals surface area contributed by atoms with Gasteiger partial charge in [0.05, 0.1) is 18.3 Å². The summed E-state index contributed by atoms with van der Waals surface area (Å²) in [5.74, 6) is -1.30. The highest BCUT2D eigenvalue weighted by Crippen LogP contribution is 2.44. The van der Waals surface area contributed by atoms with E-state index in [1.807, 2.05) is 0 Å². The molecule has 3 heterocycles. The van der Waals surface area contributed by atoms with Gasteiger partial charge in [0.2, 0.25) is 6.29 Å². The van der Waals surface area contributed by atoms with Crippen LogP contribution in [0.4, 0.5) is 0 Å². The van der Waals surface area contributed by atoms with E-state index in [2.05, 4.69) is 0 Å². The highest BCUT2D eigenvalue weighted by molar-refractivity contribution is 5.69. The second-order valence-electron chi connectivity index (χ2n) is 10.7. The molecule has 15 nitrogen and oxygen atoms in total. The Morgan fingerprint density at radius 2 is 1.55 bits per heavy atom. The van der Waals surface area contributed by atoms with Gasteiger partial charge in [-0.15, -0.1) is 0 Å². The van der Waals surface area contributed by atoms with Crippen LogP contribution in [0, 0.1) is 0 Å². The molecule has 15 heteroatoms. The van der Waals surface area contributed by atoms with Gasteiger partial charge in [-0.3, -0.25) is 4.79 Å². The molecule has 2 fully saturated rings. The van der Waals surface area contributed by atoms with E-state index < -0.39 is 80.1 Å². The zero-order chi connectivity index (χ0) is 31.9. The molecular weight excluding hydrogens is 588 g/mol. The molecule has 1 unspecified atom stereocenters. The summed E-state index contributed by atoms with van der Waals surface area (Å²) in [6.07, 6.45) is -14.6. The number of aliphatic hydroxyl groups is 5. The molecule has 2 aromatic rings. The number of hydrogen-bond donors (Lipinski definition) is 8. The number of benzene rings is 2. The second-order valence-corrected chi connectivity index (χ2v) is 10.7. The summed E-state index contributed by atoms with van der Waals surface area (Å²) < 4.78 is 34.1. The average molecular weight is 623 g/mol. The lowest BCUT2D eigenvalue weighted by Gasteiger charge is -2.43. The number of esters is 1. The normalized spacial score (nSPS) is 35.2. The maximum atomic E-state index is 11.6. The molecule has 44 heavy (non-hydrogen) atoms. The van der Waals surface area contributed by atoms with Gasteiger partial charge >= 0.3 is 5.97 Å². The molecule has 11 atom stereocenters. The van der Waals surface area contributed by atoms with Gasteiger partial charge in [-0.1, -0.05) is 12.1 Å². The fourth-order valence-corrected chi connectivity index (χ4v) is 5.15.